The number of aromatic nitrogens is 2. The second kappa shape index (κ2) is 8.98. The van der Waals surface area contributed by atoms with E-state index in [2.05, 4.69) is 15.0 Å². The number of methoxy groups -OCH3 is 1. The van der Waals surface area contributed by atoms with Gasteiger partial charge in [0.25, 0.3) is 5.91 Å². The zero-order valence-electron chi connectivity index (χ0n) is 15.1. The number of nitrogens with one attached hydrogen (secondary N) is 1. The predicted octanol–water partition coefficient (Wildman–Crippen LogP) is 3.47. The van der Waals surface area contributed by atoms with Crippen LogP contribution >= 0.6 is 0 Å². The molecule has 0 spiro atoms. The number of imidazole rings is 1. The lowest BCUT2D eigenvalue weighted by atomic mass is 10.1. The van der Waals surface area contributed by atoms with Crippen LogP contribution in [0.1, 0.15) is 21.5 Å². The van der Waals surface area contributed by atoms with Gasteiger partial charge >= 0.3 is 6.61 Å². The van der Waals surface area contributed by atoms with Crippen LogP contribution in [0.5, 0.6) is 11.5 Å². The van der Waals surface area contributed by atoms with Crippen LogP contribution in [-0.2, 0) is 13.1 Å². The van der Waals surface area contributed by atoms with Gasteiger partial charge < -0.3 is 19.4 Å². The van der Waals surface area contributed by atoms with Crippen molar-refractivity contribution in [2.75, 3.05) is 7.11 Å². The van der Waals surface area contributed by atoms with Gasteiger partial charge in [-0.25, -0.2) is 4.98 Å². The predicted molar refractivity (Wildman–Crippen MR) is 98.6 cm³/mol. The molecule has 1 aromatic heterocycles. The molecule has 146 valence electrons. The Labute approximate surface area is 160 Å². The molecule has 0 atom stereocenters. The van der Waals surface area contributed by atoms with Gasteiger partial charge in [-0.3, -0.25) is 4.79 Å². The lowest BCUT2D eigenvalue weighted by Gasteiger charge is -2.12. The van der Waals surface area contributed by atoms with Crippen LogP contribution in [0.2, 0.25) is 0 Å². The number of benzene rings is 2. The van der Waals surface area contributed by atoms with Gasteiger partial charge in [-0.1, -0.05) is 24.3 Å². The van der Waals surface area contributed by atoms with Gasteiger partial charge in [0.1, 0.15) is 0 Å². The summed E-state index contributed by atoms with van der Waals surface area (Å²) >= 11 is 0. The van der Waals surface area contributed by atoms with E-state index in [1.54, 1.807) is 12.5 Å². The maximum absolute atomic E-state index is 12.4. The monoisotopic (exact) mass is 387 g/mol. The molecule has 3 rings (SSSR count). The number of carbonyl (C=O) groups is 1. The lowest BCUT2D eigenvalue weighted by molar-refractivity contribution is -0.0512. The molecule has 1 N–H and O–H groups in total. The number of halogens is 2. The summed E-state index contributed by atoms with van der Waals surface area (Å²) in [5, 5.41) is 2.79. The standard InChI is InChI=1S/C20H19F2N3O3/c1-27-18-10-16(6-7-17(18)28-20(21)22)19(26)24-11-14-2-4-15(5-3-14)12-25-9-8-23-13-25/h2-10,13,20H,11-12H2,1H3,(H,24,26). The molecule has 0 aliphatic rings. The third-order valence-corrected chi connectivity index (χ3v) is 4.04. The van der Waals surface area contributed by atoms with Crippen molar-refractivity contribution in [2.24, 2.45) is 0 Å². The summed E-state index contributed by atoms with van der Waals surface area (Å²) in [6.45, 7) is -1.91. The fourth-order valence-corrected chi connectivity index (χ4v) is 2.64. The maximum Gasteiger partial charge on any atom is 0.387 e. The molecule has 2 aromatic carbocycles. The Kier molecular flexibility index (Phi) is 6.21. The zero-order chi connectivity index (χ0) is 19.9. The van der Waals surface area contributed by atoms with Crippen molar-refractivity contribution in [1.82, 2.24) is 14.9 Å². The number of rotatable bonds is 8. The van der Waals surface area contributed by atoms with E-state index in [1.807, 2.05) is 35.0 Å². The highest BCUT2D eigenvalue weighted by Crippen LogP contribution is 2.29. The summed E-state index contributed by atoms with van der Waals surface area (Å²) in [5.74, 6) is -0.399. The van der Waals surface area contributed by atoms with Crippen LogP contribution in [0.15, 0.2) is 61.2 Å². The number of ether oxygens (including phenoxy) is 2. The lowest BCUT2D eigenvalue weighted by Crippen LogP contribution is -2.22. The average molecular weight is 387 g/mol. The first kappa shape index (κ1) is 19.3. The van der Waals surface area contributed by atoms with Crippen molar-refractivity contribution in [3.63, 3.8) is 0 Å². The van der Waals surface area contributed by atoms with Gasteiger partial charge in [0.2, 0.25) is 0 Å². The molecular weight excluding hydrogens is 368 g/mol. The number of alkyl halides is 2. The van der Waals surface area contributed by atoms with Crippen molar-refractivity contribution in [3.8, 4) is 11.5 Å². The number of hydrogen-bond acceptors (Lipinski definition) is 4. The van der Waals surface area contributed by atoms with E-state index < -0.39 is 6.61 Å². The molecule has 6 nitrogen and oxygen atoms in total. The average Bonchev–Trinajstić information content (AvgIpc) is 3.20. The number of amides is 1. The Bertz CT molecular complexity index is 913. The van der Waals surface area contributed by atoms with Gasteiger partial charge in [0.15, 0.2) is 11.5 Å². The Hall–Kier alpha value is -3.42. The summed E-state index contributed by atoms with van der Waals surface area (Å²) in [6.07, 6.45) is 5.37. The van der Waals surface area contributed by atoms with Crippen molar-refractivity contribution < 1.29 is 23.0 Å². The Morgan fingerprint density at radius 2 is 1.89 bits per heavy atom. The highest BCUT2D eigenvalue weighted by atomic mass is 19.3. The topological polar surface area (TPSA) is 65.4 Å². The molecule has 0 bridgehead atoms. The minimum Gasteiger partial charge on any atom is -0.493 e. The van der Waals surface area contributed by atoms with E-state index >= 15 is 0 Å². The quantitative estimate of drug-likeness (QED) is 0.643. The normalized spacial score (nSPS) is 10.7. The van der Waals surface area contributed by atoms with E-state index in [1.165, 1.54) is 25.3 Å². The first-order chi connectivity index (χ1) is 13.5. The molecule has 0 radical (unpaired) electrons. The third kappa shape index (κ3) is 5.06. The second-order valence-electron chi connectivity index (χ2n) is 5.98. The largest absolute Gasteiger partial charge is 0.493 e. The molecule has 0 saturated heterocycles. The summed E-state index contributed by atoms with van der Waals surface area (Å²) in [6, 6.07) is 11.9. The smallest absolute Gasteiger partial charge is 0.387 e. The minimum atomic E-state index is -2.97. The van der Waals surface area contributed by atoms with Gasteiger partial charge in [-0.2, -0.15) is 8.78 Å². The summed E-state index contributed by atoms with van der Waals surface area (Å²) in [7, 11) is 1.32. The zero-order valence-corrected chi connectivity index (χ0v) is 15.1. The van der Waals surface area contributed by atoms with Crippen LogP contribution < -0.4 is 14.8 Å². The molecule has 1 heterocycles. The van der Waals surface area contributed by atoms with E-state index in [9.17, 15) is 13.6 Å². The van der Waals surface area contributed by atoms with Crippen LogP contribution in [-0.4, -0.2) is 29.2 Å². The van der Waals surface area contributed by atoms with Crippen molar-refractivity contribution in [2.45, 2.75) is 19.7 Å². The molecule has 0 saturated carbocycles. The Morgan fingerprint density at radius 1 is 1.14 bits per heavy atom. The SMILES string of the molecule is COc1cc(C(=O)NCc2ccc(Cn3ccnc3)cc2)ccc1OC(F)F. The number of nitrogens with zero attached hydrogens (tertiary/aromatic N) is 2. The maximum atomic E-state index is 12.4. The van der Waals surface area contributed by atoms with Crippen molar-refractivity contribution in [1.29, 1.82) is 0 Å². The molecule has 1 amide bonds. The molecule has 0 unspecified atom stereocenters. The van der Waals surface area contributed by atoms with Crippen LogP contribution in [0, 0.1) is 0 Å². The molecule has 3 aromatic rings. The van der Waals surface area contributed by atoms with E-state index in [0.717, 1.165) is 17.7 Å². The van der Waals surface area contributed by atoms with Gasteiger partial charge in [-0.05, 0) is 29.3 Å². The third-order valence-electron chi connectivity index (χ3n) is 4.04. The van der Waals surface area contributed by atoms with Gasteiger partial charge in [-0.15, -0.1) is 0 Å². The molecular formula is C20H19F2N3O3. The van der Waals surface area contributed by atoms with Crippen molar-refractivity contribution in [3.05, 3.63) is 77.9 Å². The van der Waals surface area contributed by atoms with E-state index in [0.29, 0.717) is 6.54 Å². The minimum absolute atomic E-state index is 0.0665. The molecule has 8 heteroatoms. The number of hydrogen-bond donors (Lipinski definition) is 1. The fourth-order valence-electron chi connectivity index (χ4n) is 2.64. The molecule has 0 aliphatic carbocycles. The Balaban J connectivity index is 1.59. The first-order valence-corrected chi connectivity index (χ1v) is 8.50. The second-order valence-corrected chi connectivity index (χ2v) is 5.98. The summed E-state index contributed by atoms with van der Waals surface area (Å²) in [4.78, 5) is 16.3. The van der Waals surface area contributed by atoms with E-state index in [-0.39, 0.29) is 23.0 Å². The first-order valence-electron chi connectivity index (χ1n) is 8.50. The van der Waals surface area contributed by atoms with Crippen LogP contribution in [0.3, 0.4) is 0 Å². The highest BCUT2D eigenvalue weighted by Gasteiger charge is 2.14. The molecule has 28 heavy (non-hydrogen) atoms. The molecule has 0 aliphatic heterocycles. The van der Waals surface area contributed by atoms with E-state index in [4.69, 9.17) is 4.74 Å². The van der Waals surface area contributed by atoms with Crippen LogP contribution in [0.25, 0.3) is 0 Å². The molecule has 0 fully saturated rings. The van der Waals surface area contributed by atoms with Gasteiger partial charge in [0.05, 0.1) is 13.4 Å². The summed E-state index contributed by atoms with van der Waals surface area (Å²) < 4.78 is 36.1. The van der Waals surface area contributed by atoms with Crippen LogP contribution in [0.4, 0.5) is 8.78 Å². The van der Waals surface area contributed by atoms with Crippen molar-refractivity contribution >= 4 is 5.91 Å². The summed E-state index contributed by atoms with van der Waals surface area (Å²) in [5.41, 5.74) is 2.34. The Morgan fingerprint density at radius 3 is 2.54 bits per heavy atom. The number of carbonyl (C=O) groups excluding carboxylic acids is 1. The highest BCUT2D eigenvalue weighted by molar-refractivity contribution is 5.94. The van der Waals surface area contributed by atoms with Gasteiger partial charge in [0, 0.05) is 31.0 Å². The fraction of sp³-hybridized carbons (Fsp3) is 0.200.